The zero-order valence-corrected chi connectivity index (χ0v) is 12.5. The van der Waals surface area contributed by atoms with E-state index in [2.05, 4.69) is 31.4 Å². The third kappa shape index (κ3) is 2.25. The molecule has 1 aliphatic carbocycles. The van der Waals surface area contributed by atoms with Gasteiger partial charge in [0, 0.05) is 23.0 Å². The maximum atomic E-state index is 6.30. The van der Waals surface area contributed by atoms with Crippen molar-refractivity contribution in [2.24, 2.45) is 5.41 Å². The fourth-order valence-electron chi connectivity index (χ4n) is 3.86. The van der Waals surface area contributed by atoms with Gasteiger partial charge in [-0.3, -0.25) is 0 Å². The fraction of sp³-hybridized carbons (Fsp3) is 0.625. The molecule has 1 aromatic carbocycles. The average molecular weight is 280 g/mol. The average Bonchev–Trinajstić information content (AvgIpc) is 2.99. The van der Waals surface area contributed by atoms with Gasteiger partial charge in [-0.1, -0.05) is 31.4 Å². The number of hydrogen-bond donors (Lipinski definition) is 1. The summed E-state index contributed by atoms with van der Waals surface area (Å²) >= 11 is 6.30. The van der Waals surface area contributed by atoms with Gasteiger partial charge in [-0.2, -0.15) is 0 Å². The van der Waals surface area contributed by atoms with Crippen LogP contribution in [0.5, 0.6) is 5.75 Å². The molecule has 0 bridgehead atoms. The van der Waals surface area contributed by atoms with E-state index in [0.717, 1.165) is 23.8 Å². The van der Waals surface area contributed by atoms with E-state index >= 15 is 0 Å². The van der Waals surface area contributed by atoms with Crippen molar-refractivity contribution in [3.63, 3.8) is 0 Å². The van der Waals surface area contributed by atoms with Crippen LogP contribution in [0, 0.1) is 5.41 Å². The molecule has 0 aromatic heterocycles. The number of hydrogen-bond acceptors (Lipinski definition) is 2. The molecule has 19 heavy (non-hydrogen) atoms. The molecule has 3 heteroatoms. The molecule has 1 unspecified atom stereocenters. The number of nitrogens with one attached hydrogen (secondary N) is 1. The summed E-state index contributed by atoms with van der Waals surface area (Å²) in [5, 5.41) is 4.35. The second-order valence-corrected chi connectivity index (χ2v) is 6.60. The van der Waals surface area contributed by atoms with Gasteiger partial charge in [0.15, 0.2) is 0 Å². The minimum atomic E-state index is 0.319. The summed E-state index contributed by atoms with van der Waals surface area (Å²) in [6.45, 7) is 3.18. The van der Waals surface area contributed by atoms with E-state index in [-0.39, 0.29) is 0 Å². The van der Waals surface area contributed by atoms with Crippen molar-refractivity contribution in [1.29, 1.82) is 0 Å². The van der Waals surface area contributed by atoms with Crippen LogP contribution >= 0.6 is 11.6 Å². The second kappa shape index (κ2) is 4.99. The molecule has 1 N–H and O–H groups in total. The lowest BCUT2D eigenvalue weighted by Gasteiger charge is -2.35. The van der Waals surface area contributed by atoms with Crippen molar-refractivity contribution in [2.75, 3.05) is 13.7 Å². The summed E-state index contributed by atoms with van der Waals surface area (Å²) in [5.74, 6) is 1.08. The van der Waals surface area contributed by atoms with Gasteiger partial charge in [0.25, 0.3) is 0 Å². The minimum Gasteiger partial charge on any atom is -0.493 e. The van der Waals surface area contributed by atoms with Gasteiger partial charge in [0.1, 0.15) is 5.75 Å². The first-order valence-electron chi connectivity index (χ1n) is 7.26. The Labute approximate surface area is 120 Å². The summed E-state index contributed by atoms with van der Waals surface area (Å²) in [6, 6.07) is 4.48. The van der Waals surface area contributed by atoms with E-state index in [1.165, 1.54) is 36.8 Å². The fourth-order valence-corrected chi connectivity index (χ4v) is 4.11. The third-order valence-electron chi connectivity index (χ3n) is 4.82. The van der Waals surface area contributed by atoms with Gasteiger partial charge in [-0.15, -0.1) is 0 Å². The molecule has 1 fully saturated rings. The number of ether oxygens (including phenoxy) is 1. The molecule has 0 spiro atoms. The van der Waals surface area contributed by atoms with E-state index in [9.17, 15) is 0 Å². The molecule has 1 saturated carbocycles. The largest absolute Gasteiger partial charge is 0.493 e. The summed E-state index contributed by atoms with van der Waals surface area (Å²) in [5.41, 5.74) is 2.84. The van der Waals surface area contributed by atoms with Crippen molar-refractivity contribution >= 4 is 11.6 Å². The highest BCUT2D eigenvalue weighted by Crippen LogP contribution is 2.50. The molecule has 0 radical (unpaired) electrons. The first-order chi connectivity index (χ1) is 9.14. The number of halogens is 1. The summed E-state index contributed by atoms with van der Waals surface area (Å²) in [4.78, 5) is 0. The Bertz CT molecular complexity index is 480. The summed E-state index contributed by atoms with van der Waals surface area (Å²) in [7, 11) is 2.05. The lowest BCUT2D eigenvalue weighted by Crippen LogP contribution is -2.32. The van der Waals surface area contributed by atoms with Gasteiger partial charge >= 0.3 is 0 Å². The Morgan fingerprint density at radius 3 is 2.74 bits per heavy atom. The van der Waals surface area contributed by atoms with E-state index in [4.69, 9.17) is 16.3 Å². The van der Waals surface area contributed by atoms with Crippen molar-refractivity contribution in [3.8, 4) is 5.75 Å². The highest BCUT2D eigenvalue weighted by Gasteiger charge is 2.39. The van der Waals surface area contributed by atoms with Crippen LogP contribution in [0.25, 0.3) is 0 Å². The standard InChI is InChI=1S/C16H22ClNO/c1-16(6-3-4-7-16)15(18-2)13-10-12(17)9-11-5-8-19-14(11)13/h9-10,15,18H,3-8H2,1-2H3. The molecule has 3 rings (SSSR count). The molecule has 0 amide bonds. The van der Waals surface area contributed by atoms with Crippen LogP contribution in [-0.2, 0) is 6.42 Å². The van der Waals surface area contributed by atoms with Crippen molar-refractivity contribution in [3.05, 3.63) is 28.3 Å². The molecule has 1 heterocycles. The van der Waals surface area contributed by atoms with Crippen LogP contribution < -0.4 is 10.1 Å². The molecular weight excluding hydrogens is 258 g/mol. The first kappa shape index (κ1) is 13.3. The van der Waals surface area contributed by atoms with Crippen molar-refractivity contribution in [2.45, 2.75) is 45.1 Å². The van der Waals surface area contributed by atoms with Gasteiger partial charge in [0.05, 0.1) is 6.61 Å². The van der Waals surface area contributed by atoms with Crippen LogP contribution in [0.1, 0.15) is 49.8 Å². The molecule has 1 atom stereocenters. The summed E-state index contributed by atoms with van der Waals surface area (Å²) in [6.07, 6.45) is 6.20. The SMILES string of the molecule is CNC(c1cc(Cl)cc2c1OCC2)C1(C)CCCC1. The van der Waals surface area contributed by atoms with Crippen LogP contribution in [0.4, 0.5) is 0 Å². The Balaban J connectivity index is 2.04. The zero-order chi connectivity index (χ0) is 13.5. The Kier molecular flexibility index (Phi) is 3.48. The Hall–Kier alpha value is -0.730. The van der Waals surface area contributed by atoms with Gasteiger partial charge < -0.3 is 10.1 Å². The highest BCUT2D eigenvalue weighted by atomic mass is 35.5. The lowest BCUT2D eigenvalue weighted by atomic mass is 9.76. The number of fused-ring (bicyclic) bond motifs is 1. The molecule has 0 saturated heterocycles. The monoisotopic (exact) mass is 279 g/mol. The molecule has 104 valence electrons. The smallest absolute Gasteiger partial charge is 0.127 e. The van der Waals surface area contributed by atoms with Crippen LogP contribution in [0.2, 0.25) is 5.02 Å². The predicted molar refractivity (Wildman–Crippen MR) is 79.0 cm³/mol. The normalized spacial score (nSPS) is 22.1. The van der Waals surface area contributed by atoms with Crippen LogP contribution in [0.3, 0.4) is 0 Å². The van der Waals surface area contributed by atoms with Crippen molar-refractivity contribution < 1.29 is 4.74 Å². The quantitative estimate of drug-likeness (QED) is 0.899. The van der Waals surface area contributed by atoms with Gasteiger partial charge in [0.2, 0.25) is 0 Å². The van der Waals surface area contributed by atoms with Crippen molar-refractivity contribution in [1.82, 2.24) is 5.32 Å². The van der Waals surface area contributed by atoms with Crippen LogP contribution in [-0.4, -0.2) is 13.7 Å². The van der Waals surface area contributed by atoms with Gasteiger partial charge in [-0.25, -0.2) is 0 Å². The maximum absolute atomic E-state index is 6.30. The van der Waals surface area contributed by atoms with E-state index in [1.807, 2.05) is 0 Å². The molecular formula is C16H22ClNO. The number of benzene rings is 1. The van der Waals surface area contributed by atoms with E-state index < -0.39 is 0 Å². The third-order valence-corrected chi connectivity index (χ3v) is 5.04. The van der Waals surface area contributed by atoms with Gasteiger partial charge in [-0.05, 0) is 43.0 Å². The molecule has 1 aliphatic heterocycles. The maximum Gasteiger partial charge on any atom is 0.127 e. The Morgan fingerprint density at radius 2 is 2.05 bits per heavy atom. The molecule has 1 aromatic rings. The molecule has 2 nitrogen and oxygen atoms in total. The highest BCUT2D eigenvalue weighted by molar-refractivity contribution is 6.30. The van der Waals surface area contributed by atoms with E-state index in [1.54, 1.807) is 0 Å². The minimum absolute atomic E-state index is 0.319. The van der Waals surface area contributed by atoms with Crippen LogP contribution in [0.15, 0.2) is 12.1 Å². The summed E-state index contributed by atoms with van der Waals surface area (Å²) < 4.78 is 5.87. The topological polar surface area (TPSA) is 21.3 Å². The first-order valence-corrected chi connectivity index (χ1v) is 7.64. The zero-order valence-electron chi connectivity index (χ0n) is 11.8. The number of rotatable bonds is 3. The second-order valence-electron chi connectivity index (χ2n) is 6.16. The lowest BCUT2D eigenvalue weighted by molar-refractivity contribution is 0.227. The molecule has 2 aliphatic rings. The predicted octanol–water partition coefficient (Wildman–Crippen LogP) is 4.12. The van der Waals surface area contributed by atoms with E-state index in [0.29, 0.717) is 11.5 Å². The Morgan fingerprint density at radius 1 is 1.32 bits per heavy atom.